The molecule has 0 unspecified atom stereocenters. The van der Waals surface area contributed by atoms with E-state index in [-0.39, 0.29) is 35.7 Å². The molecular weight excluding hydrogens is 393 g/mol. The molecule has 0 radical (unpaired) electrons. The summed E-state index contributed by atoms with van der Waals surface area (Å²) in [4.78, 5) is 26.4. The van der Waals surface area contributed by atoms with Gasteiger partial charge in [-0.15, -0.1) is 0 Å². The molecule has 0 heterocycles. The average molecular weight is 415 g/mol. The molecule has 4 rings (SSSR count). The number of carbonyl (C=O) groups excluding carboxylic acids is 1. The van der Waals surface area contributed by atoms with Crippen molar-refractivity contribution in [1.29, 1.82) is 0 Å². The van der Waals surface area contributed by atoms with Gasteiger partial charge in [-0.25, -0.2) is 9.18 Å². The molecule has 0 aromatic heterocycles. The van der Waals surface area contributed by atoms with E-state index < -0.39 is 5.97 Å². The van der Waals surface area contributed by atoms with Crippen LogP contribution in [0.1, 0.15) is 39.4 Å². The Kier molecular flexibility index (Phi) is 5.67. The molecule has 0 aliphatic heterocycles. The van der Waals surface area contributed by atoms with Crippen LogP contribution in [0.3, 0.4) is 0 Å². The zero-order valence-electron chi connectivity index (χ0n) is 16.9. The Bertz CT molecular complexity index is 1120. The number of rotatable bonds is 7. The van der Waals surface area contributed by atoms with E-state index in [1.807, 2.05) is 24.3 Å². The van der Waals surface area contributed by atoms with E-state index in [1.165, 1.54) is 18.2 Å². The predicted molar refractivity (Wildman–Crippen MR) is 118 cm³/mol. The lowest BCUT2D eigenvalue weighted by Crippen LogP contribution is -2.32. The minimum absolute atomic E-state index is 0.0508. The number of benzene rings is 3. The summed E-state index contributed by atoms with van der Waals surface area (Å²) in [5, 5.41) is 9.27. The number of anilines is 1. The minimum Gasteiger partial charge on any atom is -0.478 e. The first-order chi connectivity index (χ1) is 15.0. The highest BCUT2D eigenvalue weighted by Gasteiger charge is 2.46. The number of hydrogen-bond donors (Lipinski definition) is 1. The summed E-state index contributed by atoms with van der Waals surface area (Å²) in [6.45, 7) is 3.97. The summed E-state index contributed by atoms with van der Waals surface area (Å²) in [6, 6.07) is 20.3. The first-order valence-corrected chi connectivity index (χ1v) is 10.1. The average Bonchev–Trinajstić information content (AvgIpc) is 3.59. The number of hydrogen-bond acceptors (Lipinski definition) is 2. The Labute approximate surface area is 180 Å². The van der Waals surface area contributed by atoms with Gasteiger partial charge in [0.05, 0.1) is 12.1 Å². The maximum Gasteiger partial charge on any atom is 0.335 e. The lowest BCUT2D eigenvalue weighted by Gasteiger charge is -2.24. The summed E-state index contributed by atoms with van der Waals surface area (Å²) in [7, 11) is 0. The second kappa shape index (κ2) is 8.56. The van der Waals surface area contributed by atoms with E-state index in [0.717, 1.165) is 17.5 Å². The van der Waals surface area contributed by atoms with Crippen LogP contribution in [0.2, 0.25) is 0 Å². The lowest BCUT2D eigenvalue weighted by atomic mass is 10.1. The van der Waals surface area contributed by atoms with Crippen molar-refractivity contribution in [1.82, 2.24) is 0 Å². The number of amides is 1. The van der Waals surface area contributed by atoms with E-state index in [4.69, 9.17) is 0 Å². The molecule has 1 aliphatic carbocycles. The Morgan fingerprint density at radius 2 is 1.77 bits per heavy atom. The highest BCUT2D eigenvalue weighted by atomic mass is 19.1. The van der Waals surface area contributed by atoms with E-state index in [9.17, 15) is 19.1 Å². The molecule has 3 aromatic carbocycles. The molecule has 4 nitrogen and oxygen atoms in total. The van der Waals surface area contributed by atoms with E-state index in [0.29, 0.717) is 11.3 Å². The van der Waals surface area contributed by atoms with Crippen molar-refractivity contribution in [3.8, 4) is 0 Å². The second-order valence-electron chi connectivity index (χ2n) is 7.73. The number of carbonyl (C=O) groups is 2. The van der Waals surface area contributed by atoms with Gasteiger partial charge in [-0.2, -0.15) is 0 Å². The molecule has 1 fully saturated rings. The van der Waals surface area contributed by atoms with Crippen molar-refractivity contribution in [2.75, 3.05) is 4.90 Å². The zero-order chi connectivity index (χ0) is 22.0. The number of halogens is 1. The van der Waals surface area contributed by atoms with E-state index in [2.05, 4.69) is 6.58 Å². The highest BCUT2D eigenvalue weighted by Crippen LogP contribution is 2.49. The Morgan fingerprint density at radius 3 is 2.42 bits per heavy atom. The van der Waals surface area contributed by atoms with Crippen LogP contribution in [-0.4, -0.2) is 17.0 Å². The molecule has 5 heteroatoms. The molecule has 0 spiro atoms. The van der Waals surface area contributed by atoms with E-state index >= 15 is 0 Å². The third-order valence-corrected chi connectivity index (χ3v) is 5.63. The zero-order valence-corrected chi connectivity index (χ0v) is 16.9. The fourth-order valence-corrected chi connectivity index (χ4v) is 3.82. The molecule has 31 heavy (non-hydrogen) atoms. The van der Waals surface area contributed by atoms with Crippen molar-refractivity contribution in [2.45, 2.75) is 18.9 Å². The Morgan fingerprint density at radius 1 is 1.06 bits per heavy atom. The highest BCUT2D eigenvalue weighted by molar-refractivity contribution is 5.97. The lowest BCUT2D eigenvalue weighted by molar-refractivity contribution is -0.120. The SMILES string of the molecule is C=Cc1ccc([C@@H]2C[C@H]2C(=O)N(Cc2cccc(C(=O)O)c2)c2ccc(F)cc2)cc1. The van der Waals surface area contributed by atoms with Gasteiger partial charge in [0.1, 0.15) is 5.82 Å². The van der Waals surface area contributed by atoms with Crippen LogP contribution in [0, 0.1) is 11.7 Å². The maximum absolute atomic E-state index is 13.5. The fraction of sp³-hybridized carbons (Fsp3) is 0.154. The van der Waals surface area contributed by atoms with Crippen LogP contribution in [0.25, 0.3) is 6.08 Å². The molecule has 0 bridgehead atoms. The van der Waals surface area contributed by atoms with Crippen LogP contribution in [0.5, 0.6) is 0 Å². The summed E-state index contributed by atoms with van der Waals surface area (Å²) >= 11 is 0. The molecule has 1 saturated carbocycles. The van der Waals surface area contributed by atoms with Crippen molar-refractivity contribution in [3.63, 3.8) is 0 Å². The number of carboxylic acids is 1. The van der Waals surface area contributed by atoms with Crippen LogP contribution >= 0.6 is 0 Å². The van der Waals surface area contributed by atoms with Gasteiger partial charge in [0.25, 0.3) is 0 Å². The van der Waals surface area contributed by atoms with Crippen LogP contribution in [0.4, 0.5) is 10.1 Å². The van der Waals surface area contributed by atoms with Gasteiger partial charge >= 0.3 is 5.97 Å². The first kappa shape index (κ1) is 20.5. The van der Waals surface area contributed by atoms with Crippen molar-refractivity contribution < 1.29 is 19.1 Å². The standard InChI is InChI=1S/C26H22FNO3/c1-2-17-6-8-19(9-7-17)23-15-24(23)25(29)28(22-12-10-21(27)11-13-22)16-18-4-3-5-20(14-18)26(30)31/h2-14,23-24H,1,15-16H2,(H,30,31)/t23-,24+/m0/s1. The summed E-state index contributed by atoms with van der Waals surface area (Å²) in [6.07, 6.45) is 2.53. The Balaban J connectivity index is 1.59. The quantitative estimate of drug-likeness (QED) is 0.554. The molecular formula is C26H22FNO3. The van der Waals surface area contributed by atoms with Gasteiger partial charge in [0, 0.05) is 11.6 Å². The third-order valence-electron chi connectivity index (χ3n) is 5.63. The third kappa shape index (κ3) is 4.56. The number of aromatic carboxylic acids is 1. The molecule has 156 valence electrons. The van der Waals surface area contributed by atoms with Gasteiger partial charge in [-0.1, -0.05) is 49.1 Å². The van der Waals surface area contributed by atoms with Crippen molar-refractivity contribution in [2.24, 2.45) is 5.92 Å². The monoisotopic (exact) mass is 415 g/mol. The summed E-state index contributed by atoms with van der Waals surface area (Å²) in [5.41, 5.74) is 3.58. The number of nitrogens with zero attached hydrogens (tertiary/aromatic N) is 1. The maximum atomic E-state index is 13.5. The van der Waals surface area contributed by atoms with Gasteiger partial charge in [-0.05, 0) is 65.4 Å². The summed E-state index contributed by atoms with van der Waals surface area (Å²) in [5.74, 6) is -1.48. The predicted octanol–water partition coefficient (Wildman–Crippen LogP) is 5.50. The van der Waals surface area contributed by atoms with Gasteiger partial charge in [0.2, 0.25) is 5.91 Å². The van der Waals surface area contributed by atoms with Crippen LogP contribution < -0.4 is 4.90 Å². The molecule has 3 aromatic rings. The largest absolute Gasteiger partial charge is 0.478 e. The molecule has 0 saturated heterocycles. The van der Waals surface area contributed by atoms with Gasteiger partial charge in [0.15, 0.2) is 0 Å². The van der Waals surface area contributed by atoms with E-state index in [1.54, 1.807) is 41.3 Å². The Hall–Kier alpha value is -3.73. The molecule has 1 aliphatic rings. The minimum atomic E-state index is -1.02. The topological polar surface area (TPSA) is 57.6 Å². The number of carboxylic acid groups (broad SMARTS) is 1. The van der Waals surface area contributed by atoms with Crippen LogP contribution in [-0.2, 0) is 11.3 Å². The second-order valence-corrected chi connectivity index (χ2v) is 7.73. The molecule has 2 atom stereocenters. The van der Waals surface area contributed by atoms with Crippen molar-refractivity contribution >= 4 is 23.6 Å². The van der Waals surface area contributed by atoms with Gasteiger partial charge in [-0.3, -0.25) is 4.79 Å². The molecule has 1 N–H and O–H groups in total. The summed E-state index contributed by atoms with van der Waals surface area (Å²) < 4.78 is 13.5. The van der Waals surface area contributed by atoms with Gasteiger partial charge < -0.3 is 10.0 Å². The smallest absolute Gasteiger partial charge is 0.335 e. The first-order valence-electron chi connectivity index (χ1n) is 10.1. The van der Waals surface area contributed by atoms with Crippen LogP contribution in [0.15, 0.2) is 79.4 Å². The molecule has 1 amide bonds. The normalized spacial score (nSPS) is 17.1. The van der Waals surface area contributed by atoms with Crippen molar-refractivity contribution in [3.05, 3.63) is 107 Å². The fourth-order valence-electron chi connectivity index (χ4n) is 3.82.